The van der Waals surface area contributed by atoms with Crippen molar-refractivity contribution in [3.63, 3.8) is 0 Å². The number of thiophene rings is 1. The molecule has 0 radical (unpaired) electrons. The van der Waals surface area contributed by atoms with E-state index in [2.05, 4.69) is 5.32 Å². The molecule has 0 saturated heterocycles. The van der Waals surface area contributed by atoms with Gasteiger partial charge in [-0.3, -0.25) is 9.59 Å². The third kappa shape index (κ3) is 5.94. The molecule has 0 saturated carbocycles. The van der Waals surface area contributed by atoms with Gasteiger partial charge in [0.05, 0.1) is 24.7 Å². The summed E-state index contributed by atoms with van der Waals surface area (Å²) in [5, 5.41) is 13.5. The van der Waals surface area contributed by atoms with Crippen LogP contribution in [0.3, 0.4) is 0 Å². The van der Waals surface area contributed by atoms with Gasteiger partial charge in [-0.15, -0.1) is 11.3 Å². The highest BCUT2D eigenvalue weighted by atomic mass is 32.1. The Morgan fingerprint density at radius 1 is 1.28 bits per heavy atom. The molecule has 1 N–H and O–H groups in total. The van der Waals surface area contributed by atoms with Crippen molar-refractivity contribution in [2.45, 2.75) is 13.5 Å². The molecule has 1 heterocycles. The number of hydrogen-bond donors (Lipinski definition) is 1. The van der Waals surface area contributed by atoms with Crippen LogP contribution in [0.2, 0.25) is 0 Å². The van der Waals surface area contributed by atoms with Gasteiger partial charge in [0.25, 0.3) is 5.91 Å². The van der Waals surface area contributed by atoms with Gasteiger partial charge in [-0.1, -0.05) is 6.07 Å². The zero-order chi connectivity index (χ0) is 18.1. The van der Waals surface area contributed by atoms with Crippen molar-refractivity contribution in [1.29, 1.82) is 5.26 Å². The number of nitriles is 1. The Hall–Kier alpha value is -2.85. The van der Waals surface area contributed by atoms with Gasteiger partial charge in [0.1, 0.15) is 5.75 Å². The van der Waals surface area contributed by atoms with E-state index in [1.54, 1.807) is 35.6 Å². The summed E-state index contributed by atoms with van der Waals surface area (Å²) in [6, 6.07) is 12.4. The molecular weight excluding hydrogens is 338 g/mol. The second-order valence-corrected chi connectivity index (χ2v) is 6.22. The predicted octanol–water partition coefficient (Wildman–Crippen LogP) is 2.16. The predicted molar refractivity (Wildman–Crippen MR) is 95.1 cm³/mol. The van der Waals surface area contributed by atoms with E-state index in [0.29, 0.717) is 24.4 Å². The molecule has 1 aromatic heterocycles. The average molecular weight is 357 g/mol. The van der Waals surface area contributed by atoms with Gasteiger partial charge >= 0.3 is 0 Å². The fourth-order valence-corrected chi connectivity index (χ4v) is 2.71. The molecule has 0 atom stereocenters. The van der Waals surface area contributed by atoms with Crippen LogP contribution in [0.1, 0.15) is 17.4 Å². The molecule has 25 heavy (non-hydrogen) atoms. The Morgan fingerprint density at radius 3 is 2.64 bits per heavy atom. The molecule has 0 aliphatic heterocycles. The second-order valence-electron chi connectivity index (χ2n) is 5.19. The van der Waals surface area contributed by atoms with Crippen LogP contribution in [-0.2, 0) is 16.1 Å². The molecule has 6 nitrogen and oxygen atoms in total. The minimum Gasteiger partial charge on any atom is -0.484 e. The Kier molecular flexibility index (Phi) is 6.99. The van der Waals surface area contributed by atoms with Gasteiger partial charge in [-0.05, 0) is 42.6 Å². The second kappa shape index (κ2) is 9.45. The van der Waals surface area contributed by atoms with Crippen molar-refractivity contribution in [1.82, 2.24) is 10.2 Å². The molecule has 0 unspecified atom stereocenters. The minimum absolute atomic E-state index is 0.00254. The molecule has 7 heteroatoms. The number of rotatable bonds is 8. The van der Waals surface area contributed by atoms with Gasteiger partial charge in [-0.2, -0.15) is 5.26 Å². The highest BCUT2D eigenvalue weighted by Crippen LogP contribution is 2.11. The highest BCUT2D eigenvalue weighted by molar-refractivity contribution is 7.09. The summed E-state index contributed by atoms with van der Waals surface area (Å²) in [5.74, 6) is 0.0330. The first-order valence-electron chi connectivity index (χ1n) is 7.82. The first-order chi connectivity index (χ1) is 12.1. The standard InChI is InChI=1S/C18H19N3O3S/c1-2-21(12-17(22)20-11-16-4-3-9-25-16)18(23)13-24-15-7-5-14(10-19)6-8-15/h3-9H,2,11-13H2,1H3,(H,20,22). The average Bonchev–Trinajstić information content (AvgIpc) is 3.16. The molecule has 1 aromatic carbocycles. The normalized spacial score (nSPS) is 9.92. The summed E-state index contributed by atoms with van der Waals surface area (Å²) in [5.41, 5.74) is 0.524. The summed E-state index contributed by atoms with van der Waals surface area (Å²) in [6.45, 7) is 2.54. The monoisotopic (exact) mass is 357 g/mol. The molecule has 2 amide bonds. The largest absolute Gasteiger partial charge is 0.484 e. The van der Waals surface area contributed by atoms with E-state index in [4.69, 9.17) is 10.00 Å². The van der Waals surface area contributed by atoms with E-state index >= 15 is 0 Å². The number of benzene rings is 1. The molecule has 0 spiro atoms. The molecule has 0 fully saturated rings. The first-order valence-corrected chi connectivity index (χ1v) is 8.70. The zero-order valence-electron chi connectivity index (χ0n) is 13.9. The molecule has 0 aliphatic carbocycles. The van der Waals surface area contributed by atoms with Crippen LogP contribution in [0, 0.1) is 11.3 Å². The van der Waals surface area contributed by atoms with Crippen molar-refractivity contribution >= 4 is 23.2 Å². The van der Waals surface area contributed by atoms with Gasteiger partial charge in [0, 0.05) is 11.4 Å². The fraction of sp³-hybridized carbons (Fsp3) is 0.278. The lowest BCUT2D eigenvalue weighted by Gasteiger charge is -2.20. The maximum Gasteiger partial charge on any atom is 0.260 e. The van der Waals surface area contributed by atoms with Gasteiger partial charge in [0.2, 0.25) is 5.91 Å². The number of amides is 2. The Labute approximate surface area is 150 Å². The SMILES string of the molecule is CCN(CC(=O)NCc1cccs1)C(=O)COc1ccc(C#N)cc1. The maximum absolute atomic E-state index is 12.2. The van der Waals surface area contributed by atoms with Crippen LogP contribution in [0.5, 0.6) is 5.75 Å². The first kappa shape index (κ1) is 18.5. The Balaban J connectivity index is 1.78. The number of carbonyl (C=O) groups excluding carboxylic acids is 2. The lowest BCUT2D eigenvalue weighted by molar-refractivity contribution is -0.137. The van der Waals surface area contributed by atoms with Crippen LogP contribution in [-0.4, -0.2) is 36.4 Å². The number of nitrogens with one attached hydrogen (secondary N) is 1. The van der Waals surface area contributed by atoms with Gasteiger partial charge < -0.3 is 15.0 Å². The quantitative estimate of drug-likeness (QED) is 0.785. The third-order valence-corrected chi connectivity index (χ3v) is 4.33. The van der Waals surface area contributed by atoms with Crippen molar-refractivity contribution in [3.05, 3.63) is 52.2 Å². The summed E-state index contributed by atoms with van der Waals surface area (Å²) < 4.78 is 5.42. The number of carbonyl (C=O) groups is 2. The number of likely N-dealkylation sites (N-methyl/N-ethyl adjacent to an activating group) is 1. The van der Waals surface area contributed by atoms with E-state index < -0.39 is 0 Å². The summed E-state index contributed by atoms with van der Waals surface area (Å²) in [6.07, 6.45) is 0. The molecular formula is C18H19N3O3S. The van der Waals surface area contributed by atoms with Crippen LogP contribution >= 0.6 is 11.3 Å². The molecule has 130 valence electrons. The topological polar surface area (TPSA) is 82.4 Å². The zero-order valence-corrected chi connectivity index (χ0v) is 14.7. The van der Waals surface area contributed by atoms with Crippen molar-refractivity contribution < 1.29 is 14.3 Å². The Morgan fingerprint density at radius 2 is 2.04 bits per heavy atom. The van der Waals surface area contributed by atoms with Crippen LogP contribution in [0.4, 0.5) is 0 Å². The molecule has 2 rings (SSSR count). The van der Waals surface area contributed by atoms with Crippen LogP contribution in [0.15, 0.2) is 41.8 Å². The number of nitrogens with zero attached hydrogens (tertiary/aromatic N) is 2. The van der Waals surface area contributed by atoms with E-state index in [1.807, 2.05) is 30.5 Å². The van der Waals surface area contributed by atoms with Crippen molar-refractivity contribution in [3.8, 4) is 11.8 Å². The van der Waals surface area contributed by atoms with Crippen LogP contribution in [0.25, 0.3) is 0 Å². The van der Waals surface area contributed by atoms with Gasteiger partial charge in [-0.25, -0.2) is 0 Å². The van der Waals surface area contributed by atoms with Crippen LogP contribution < -0.4 is 10.1 Å². The summed E-state index contributed by atoms with van der Waals surface area (Å²) >= 11 is 1.57. The Bertz CT molecular complexity index is 736. The van der Waals surface area contributed by atoms with Gasteiger partial charge in [0.15, 0.2) is 6.61 Å². The van der Waals surface area contributed by atoms with E-state index in [1.165, 1.54) is 4.90 Å². The number of hydrogen-bond acceptors (Lipinski definition) is 5. The van der Waals surface area contributed by atoms with E-state index in [-0.39, 0.29) is 25.0 Å². The van der Waals surface area contributed by atoms with Crippen molar-refractivity contribution in [2.24, 2.45) is 0 Å². The minimum atomic E-state index is -0.266. The number of ether oxygens (including phenoxy) is 1. The lowest BCUT2D eigenvalue weighted by atomic mass is 10.2. The summed E-state index contributed by atoms with van der Waals surface area (Å²) in [4.78, 5) is 26.7. The summed E-state index contributed by atoms with van der Waals surface area (Å²) in [7, 11) is 0. The van der Waals surface area contributed by atoms with E-state index in [0.717, 1.165) is 4.88 Å². The molecule has 0 bridgehead atoms. The lowest BCUT2D eigenvalue weighted by Crippen LogP contribution is -2.42. The highest BCUT2D eigenvalue weighted by Gasteiger charge is 2.16. The molecule has 0 aliphatic rings. The molecule has 2 aromatic rings. The third-order valence-electron chi connectivity index (χ3n) is 3.45. The smallest absolute Gasteiger partial charge is 0.260 e. The van der Waals surface area contributed by atoms with Crippen molar-refractivity contribution in [2.75, 3.05) is 19.7 Å². The fourth-order valence-electron chi connectivity index (χ4n) is 2.07. The maximum atomic E-state index is 12.2. The van der Waals surface area contributed by atoms with E-state index in [9.17, 15) is 9.59 Å².